The lowest BCUT2D eigenvalue weighted by molar-refractivity contribution is -0.120. The van der Waals surface area contributed by atoms with Crippen molar-refractivity contribution in [2.45, 2.75) is 44.9 Å². The molecule has 1 N–H and O–H groups in total. The van der Waals surface area contributed by atoms with Crippen molar-refractivity contribution in [2.75, 3.05) is 6.54 Å². The quantitative estimate of drug-likeness (QED) is 0.845. The number of carbonyl (C=O) groups excluding carboxylic acids is 1. The highest BCUT2D eigenvalue weighted by Crippen LogP contribution is 2.36. The van der Waals surface area contributed by atoms with Crippen LogP contribution >= 0.6 is 22.9 Å². The number of amides is 1. The van der Waals surface area contributed by atoms with Gasteiger partial charge in [-0.15, -0.1) is 22.9 Å². The minimum atomic E-state index is 0.0681. The summed E-state index contributed by atoms with van der Waals surface area (Å²) < 4.78 is 0. The molecular weight excluding hydrogens is 268 g/mol. The van der Waals surface area contributed by atoms with Gasteiger partial charge in [-0.25, -0.2) is 4.98 Å². The van der Waals surface area contributed by atoms with Crippen LogP contribution in [0, 0.1) is 5.41 Å². The fraction of sp³-hybridized carbons (Fsp3) is 0.692. The summed E-state index contributed by atoms with van der Waals surface area (Å²) >= 11 is 7.19. The van der Waals surface area contributed by atoms with Crippen molar-refractivity contribution in [1.82, 2.24) is 10.3 Å². The van der Waals surface area contributed by atoms with E-state index in [9.17, 15) is 4.79 Å². The van der Waals surface area contributed by atoms with Crippen molar-refractivity contribution in [2.24, 2.45) is 5.41 Å². The van der Waals surface area contributed by atoms with Gasteiger partial charge in [0, 0.05) is 11.9 Å². The molecule has 1 amide bonds. The molecule has 1 fully saturated rings. The van der Waals surface area contributed by atoms with E-state index in [1.807, 2.05) is 5.38 Å². The average molecular weight is 287 g/mol. The first-order chi connectivity index (χ1) is 8.61. The van der Waals surface area contributed by atoms with Gasteiger partial charge in [-0.2, -0.15) is 0 Å². The van der Waals surface area contributed by atoms with E-state index in [1.54, 1.807) is 0 Å². The second-order valence-corrected chi connectivity index (χ2v) is 6.55. The van der Waals surface area contributed by atoms with Crippen LogP contribution in [0.5, 0.6) is 0 Å². The molecule has 1 aliphatic rings. The van der Waals surface area contributed by atoms with Crippen molar-refractivity contribution < 1.29 is 4.79 Å². The van der Waals surface area contributed by atoms with Gasteiger partial charge in [-0.3, -0.25) is 4.79 Å². The Morgan fingerprint density at radius 2 is 2.28 bits per heavy atom. The van der Waals surface area contributed by atoms with Crippen molar-refractivity contribution in [3.8, 4) is 0 Å². The molecule has 0 spiro atoms. The van der Waals surface area contributed by atoms with Crippen LogP contribution < -0.4 is 5.32 Å². The Labute approximate surface area is 117 Å². The van der Waals surface area contributed by atoms with Crippen molar-refractivity contribution >= 4 is 28.8 Å². The van der Waals surface area contributed by atoms with Crippen LogP contribution in [0.15, 0.2) is 5.38 Å². The van der Waals surface area contributed by atoms with E-state index in [-0.39, 0.29) is 5.91 Å². The fourth-order valence-corrected chi connectivity index (χ4v) is 3.43. The van der Waals surface area contributed by atoms with E-state index >= 15 is 0 Å². The number of alkyl halides is 1. The van der Waals surface area contributed by atoms with Gasteiger partial charge in [0.2, 0.25) is 5.91 Å². The minimum Gasteiger partial charge on any atom is -0.355 e. The van der Waals surface area contributed by atoms with Crippen LogP contribution in [0.25, 0.3) is 0 Å². The molecule has 100 valence electrons. The number of nitrogens with one attached hydrogen (secondary N) is 1. The Bertz CT molecular complexity index is 413. The lowest BCUT2D eigenvalue weighted by Crippen LogP contribution is -2.34. The molecule has 0 atom stereocenters. The fourth-order valence-electron chi connectivity index (χ4n) is 2.41. The van der Waals surface area contributed by atoms with Crippen LogP contribution in [0.3, 0.4) is 0 Å². The Kier molecular flexibility index (Phi) is 4.62. The van der Waals surface area contributed by atoms with Gasteiger partial charge in [0.1, 0.15) is 5.01 Å². The van der Waals surface area contributed by atoms with Crippen LogP contribution in [0.4, 0.5) is 0 Å². The Balaban J connectivity index is 1.78. The SMILES string of the molecule is CC1(CNC(=O)Cc2nc(CCl)cs2)CCCC1. The first kappa shape index (κ1) is 13.8. The monoisotopic (exact) mass is 286 g/mol. The highest BCUT2D eigenvalue weighted by Gasteiger charge is 2.28. The smallest absolute Gasteiger partial charge is 0.226 e. The second-order valence-electron chi connectivity index (χ2n) is 5.34. The molecule has 0 aromatic carbocycles. The first-order valence-corrected chi connectivity index (χ1v) is 7.79. The Morgan fingerprint density at radius 3 is 2.89 bits per heavy atom. The lowest BCUT2D eigenvalue weighted by atomic mass is 9.89. The van der Waals surface area contributed by atoms with E-state index in [0.717, 1.165) is 17.2 Å². The summed E-state index contributed by atoms with van der Waals surface area (Å²) in [7, 11) is 0. The molecule has 0 radical (unpaired) electrons. The molecule has 1 saturated carbocycles. The number of nitrogens with zero attached hydrogens (tertiary/aromatic N) is 1. The molecule has 1 aliphatic carbocycles. The summed E-state index contributed by atoms with van der Waals surface area (Å²) in [6.45, 7) is 3.05. The van der Waals surface area contributed by atoms with Gasteiger partial charge in [-0.1, -0.05) is 19.8 Å². The largest absolute Gasteiger partial charge is 0.355 e. The molecule has 5 heteroatoms. The van der Waals surface area contributed by atoms with E-state index in [1.165, 1.54) is 37.0 Å². The normalized spacial score (nSPS) is 17.9. The van der Waals surface area contributed by atoms with Gasteiger partial charge in [0.05, 0.1) is 18.0 Å². The lowest BCUT2D eigenvalue weighted by Gasteiger charge is -2.23. The highest BCUT2D eigenvalue weighted by atomic mass is 35.5. The number of halogens is 1. The molecule has 0 saturated heterocycles. The van der Waals surface area contributed by atoms with E-state index in [4.69, 9.17) is 11.6 Å². The van der Waals surface area contributed by atoms with Gasteiger partial charge in [-0.05, 0) is 18.3 Å². The molecular formula is C13H19ClN2OS. The Morgan fingerprint density at radius 1 is 1.56 bits per heavy atom. The zero-order chi connectivity index (χ0) is 13.0. The maximum atomic E-state index is 11.8. The zero-order valence-electron chi connectivity index (χ0n) is 10.7. The first-order valence-electron chi connectivity index (χ1n) is 6.37. The summed E-state index contributed by atoms with van der Waals surface area (Å²) in [6.07, 6.45) is 5.40. The molecule has 1 aromatic heterocycles. The van der Waals surface area contributed by atoms with Crippen LogP contribution in [0.2, 0.25) is 0 Å². The third kappa shape index (κ3) is 3.69. The highest BCUT2D eigenvalue weighted by molar-refractivity contribution is 7.09. The molecule has 0 unspecified atom stereocenters. The summed E-state index contributed by atoms with van der Waals surface area (Å²) in [5.41, 5.74) is 1.16. The van der Waals surface area contributed by atoms with Crippen LogP contribution in [-0.2, 0) is 17.1 Å². The van der Waals surface area contributed by atoms with Gasteiger partial charge in [0.15, 0.2) is 0 Å². The van der Waals surface area contributed by atoms with Crippen molar-refractivity contribution in [3.63, 3.8) is 0 Å². The molecule has 0 aliphatic heterocycles. The number of rotatable bonds is 5. The molecule has 1 heterocycles. The number of aromatic nitrogens is 1. The van der Waals surface area contributed by atoms with E-state index in [2.05, 4.69) is 17.2 Å². The maximum absolute atomic E-state index is 11.8. The van der Waals surface area contributed by atoms with Gasteiger partial charge >= 0.3 is 0 Å². The Hall–Kier alpha value is -0.610. The van der Waals surface area contributed by atoms with Crippen LogP contribution in [-0.4, -0.2) is 17.4 Å². The van der Waals surface area contributed by atoms with Crippen molar-refractivity contribution in [1.29, 1.82) is 0 Å². The van der Waals surface area contributed by atoms with Gasteiger partial charge < -0.3 is 5.32 Å². The maximum Gasteiger partial charge on any atom is 0.226 e. The summed E-state index contributed by atoms with van der Waals surface area (Å²) in [5, 5.41) is 5.79. The average Bonchev–Trinajstić information content (AvgIpc) is 2.96. The molecule has 3 nitrogen and oxygen atoms in total. The molecule has 0 bridgehead atoms. The third-order valence-electron chi connectivity index (χ3n) is 3.57. The van der Waals surface area contributed by atoms with Gasteiger partial charge in [0.25, 0.3) is 0 Å². The van der Waals surface area contributed by atoms with Crippen molar-refractivity contribution in [3.05, 3.63) is 16.1 Å². The summed E-state index contributed by atoms with van der Waals surface area (Å²) in [5.74, 6) is 0.481. The number of carbonyl (C=O) groups is 1. The summed E-state index contributed by atoms with van der Waals surface area (Å²) in [4.78, 5) is 16.1. The van der Waals surface area contributed by atoms with Crippen LogP contribution in [0.1, 0.15) is 43.3 Å². The number of hydrogen-bond donors (Lipinski definition) is 1. The second kappa shape index (κ2) is 6.02. The standard InChI is InChI=1S/C13H19ClN2OS/c1-13(4-2-3-5-13)9-15-11(17)6-12-16-10(7-14)8-18-12/h8H,2-7,9H2,1H3,(H,15,17). The zero-order valence-corrected chi connectivity index (χ0v) is 12.2. The number of hydrogen-bond acceptors (Lipinski definition) is 3. The molecule has 1 aromatic rings. The molecule has 18 heavy (non-hydrogen) atoms. The predicted octanol–water partition coefficient (Wildman–Crippen LogP) is 3.12. The number of thiazole rings is 1. The van der Waals surface area contributed by atoms with E-state index in [0.29, 0.717) is 17.7 Å². The minimum absolute atomic E-state index is 0.0681. The summed E-state index contributed by atoms with van der Waals surface area (Å²) in [6, 6.07) is 0. The third-order valence-corrected chi connectivity index (χ3v) is 4.74. The molecule has 2 rings (SSSR count). The topological polar surface area (TPSA) is 42.0 Å². The van der Waals surface area contributed by atoms with E-state index < -0.39 is 0 Å². The predicted molar refractivity (Wildman–Crippen MR) is 75.0 cm³/mol.